The van der Waals surface area contributed by atoms with Crippen LogP contribution in [-0.2, 0) is 4.79 Å². The largest absolute Gasteiger partial charge is 0.490 e. The van der Waals surface area contributed by atoms with Crippen LogP contribution in [0.5, 0.6) is 5.75 Å². The molecule has 7 heteroatoms. The number of likely N-dealkylation sites (tertiary alicyclic amines) is 1. The Labute approximate surface area is 127 Å². The summed E-state index contributed by atoms with van der Waals surface area (Å²) in [6.07, 6.45) is 1.90. The van der Waals surface area contributed by atoms with E-state index in [4.69, 9.17) is 10.5 Å². The number of fused-ring (bicyclic) bond motifs is 1. The van der Waals surface area contributed by atoms with Crippen molar-refractivity contribution < 1.29 is 18.7 Å². The lowest BCUT2D eigenvalue weighted by Gasteiger charge is -2.29. The summed E-state index contributed by atoms with van der Waals surface area (Å²) in [5.41, 5.74) is 5.92. The van der Waals surface area contributed by atoms with Gasteiger partial charge >= 0.3 is 6.03 Å². The summed E-state index contributed by atoms with van der Waals surface area (Å²) in [5.74, 6) is -0.494. The summed E-state index contributed by atoms with van der Waals surface area (Å²) in [4.78, 5) is 25.2. The molecule has 0 aromatic heterocycles. The van der Waals surface area contributed by atoms with E-state index in [2.05, 4.69) is 5.32 Å². The van der Waals surface area contributed by atoms with E-state index in [1.807, 2.05) is 0 Å². The number of hydrogen-bond acceptors (Lipinski definition) is 3. The fourth-order valence-corrected chi connectivity index (χ4v) is 3.11. The molecule has 0 unspecified atom stereocenters. The quantitative estimate of drug-likeness (QED) is 0.864. The molecule has 22 heavy (non-hydrogen) atoms. The van der Waals surface area contributed by atoms with E-state index in [0.717, 1.165) is 6.42 Å². The zero-order chi connectivity index (χ0) is 15.7. The maximum Gasteiger partial charge on any atom is 0.315 e. The minimum atomic E-state index is -0.587. The predicted octanol–water partition coefficient (Wildman–Crippen LogP) is 1.31. The van der Waals surface area contributed by atoms with Gasteiger partial charge in [-0.2, -0.15) is 0 Å². The number of nitrogens with one attached hydrogen (secondary N) is 1. The number of carbonyl (C=O) groups is 2. The van der Waals surface area contributed by atoms with E-state index in [9.17, 15) is 14.0 Å². The maximum absolute atomic E-state index is 13.7. The second-order valence-electron chi connectivity index (χ2n) is 5.55. The van der Waals surface area contributed by atoms with Crippen molar-refractivity contribution in [3.63, 3.8) is 0 Å². The number of benzene rings is 1. The minimum absolute atomic E-state index is 0.192. The van der Waals surface area contributed by atoms with Crippen molar-refractivity contribution in [3.8, 4) is 5.75 Å². The topological polar surface area (TPSA) is 84.7 Å². The number of primary amides is 1. The molecule has 6 nitrogen and oxygen atoms in total. The van der Waals surface area contributed by atoms with Crippen molar-refractivity contribution in [2.45, 2.75) is 31.3 Å². The molecule has 3 N–H and O–H groups in total. The zero-order valence-electron chi connectivity index (χ0n) is 12.0. The standard InChI is InChI=1S/C15H18FN3O3/c16-10-4-1-3-9-11(6-8-22-13(9)10)18-14(20)12-5-2-7-19(12)15(17)21/h1,3-4,11-12H,2,5-8H2,(H2,17,21)(H,18,20)/t11-,12-/m0/s1. The van der Waals surface area contributed by atoms with Gasteiger partial charge in [0, 0.05) is 18.5 Å². The molecular formula is C15H18FN3O3. The number of halogens is 1. The highest BCUT2D eigenvalue weighted by Crippen LogP contribution is 2.34. The maximum atomic E-state index is 13.7. The molecule has 0 spiro atoms. The van der Waals surface area contributed by atoms with Gasteiger partial charge in [-0.25, -0.2) is 9.18 Å². The van der Waals surface area contributed by atoms with Crippen molar-refractivity contribution in [1.82, 2.24) is 10.2 Å². The van der Waals surface area contributed by atoms with Crippen molar-refractivity contribution in [2.75, 3.05) is 13.2 Å². The average molecular weight is 307 g/mol. The highest BCUT2D eigenvalue weighted by Gasteiger charge is 2.35. The molecule has 2 heterocycles. The summed E-state index contributed by atoms with van der Waals surface area (Å²) in [7, 11) is 0. The lowest BCUT2D eigenvalue weighted by atomic mass is 9.99. The van der Waals surface area contributed by atoms with Gasteiger partial charge in [0.1, 0.15) is 6.04 Å². The molecule has 1 aromatic carbocycles. The van der Waals surface area contributed by atoms with Crippen LogP contribution in [0.15, 0.2) is 18.2 Å². The number of nitrogens with zero attached hydrogens (tertiary/aromatic N) is 1. The summed E-state index contributed by atoms with van der Waals surface area (Å²) in [6, 6.07) is 3.21. The molecule has 0 bridgehead atoms. The monoisotopic (exact) mass is 307 g/mol. The van der Waals surface area contributed by atoms with Crippen LogP contribution in [0.2, 0.25) is 0 Å². The molecule has 0 saturated carbocycles. The van der Waals surface area contributed by atoms with Crippen LogP contribution in [-0.4, -0.2) is 36.0 Å². The third-order valence-electron chi connectivity index (χ3n) is 4.18. The first-order chi connectivity index (χ1) is 10.6. The first-order valence-electron chi connectivity index (χ1n) is 7.35. The Balaban J connectivity index is 1.76. The predicted molar refractivity (Wildman–Crippen MR) is 76.7 cm³/mol. The highest BCUT2D eigenvalue weighted by atomic mass is 19.1. The van der Waals surface area contributed by atoms with Gasteiger partial charge in [-0.3, -0.25) is 4.79 Å². The number of para-hydroxylation sites is 1. The van der Waals surface area contributed by atoms with E-state index in [1.54, 1.807) is 12.1 Å². The van der Waals surface area contributed by atoms with Crippen molar-refractivity contribution >= 4 is 11.9 Å². The van der Waals surface area contributed by atoms with E-state index in [1.165, 1.54) is 11.0 Å². The number of rotatable bonds is 2. The molecule has 2 atom stereocenters. The van der Waals surface area contributed by atoms with E-state index >= 15 is 0 Å². The van der Waals surface area contributed by atoms with Crippen molar-refractivity contribution in [1.29, 1.82) is 0 Å². The van der Waals surface area contributed by atoms with Gasteiger partial charge in [-0.05, 0) is 18.9 Å². The second-order valence-corrected chi connectivity index (χ2v) is 5.55. The highest BCUT2D eigenvalue weighted by molar-refractivity contribution is 5.87. The lowest BCUT2D eigenvalue weighted by Crippen LogP contribution is -2.49. The van der Waals surface area contributed by atoms with Crippen LogP contribution in [0.4, 0.5) is 9.18 Å². The van der Waals surface area contributed by atoms with Crippen molar-refractivity contribution in [2.24, 2.45) is 5.73 Å². The molecule has 2 aliphatic heterocycles. The molecule has 0 aliphatic carbocycles. The molecule has 0 radical (unpaired) electrons. The first kappa shape index (κ1) is 14.6. The molecule has 1 saturated heterocycles. The number of amides is 3. The third kappa shape index (κ3) is 2.58. The van der Waals surface area contributed by atoms with Gasteiger partial charge in [0.25, 0.3) is 0 Å². The van der Waals surface area contributed by atoms with Gasteiger partial charge in [-0.1, -0.05) is 12.1 Å². The molecule has 1 aromatic rings. The van der Waals surface area contributed by atoms with Gasteiger partial charge in [0.05, 0.1) is 12.6 Å². The van der Waals surface area contributed by atoms with E-state index in [-0.39, 0.29) is 17.7 Å². The smallest absolute Gasteiger partial charge is 0.315 e. The fraction of sp³-hybridized carbons (Fsp3) is 0.467. The van der Waals surface area contributed by atoms with Gasteiger partial charge < -0.3 is 20.7 Å². The summed E-state index contributed by atoms with van der Waals surface area (Å²) in [5, 5.41) is 2.89. The Hall–Kier alpha value is -2.31. The van der Waals surface area contributed by atoms with Gasteiger partial charge in [0.2, 0.25) is 5.91 Å². The summed E-state index contributed by atoms with van der Waals surface area (Å²) < 4.78 is 19.1. The zero-order valence-corrected chi connectivity index (χ0v) is 12.0. The molecule has 2 aliphatic rings. The Morgan fingerprint density at radius 3 is 2.95 bits per heavy atom. The Kier molecular flexibility index (Phi) is 3.87. The van der Waals surface area contributed by atoms with Crippen LogP contribution in [0.25, 0.3) is 0 Å². The molecule has 1 fully saturated rings. The number of urea groups is 1. The molecule has 118 valence electrons. The first-order valence-corrected chi connectivity index (χ1v) is 7.35. The number of nitrogens with two attached hydrogens (primary N) is 1. The second kappa shape index (κ2) is 5.82. The average Bonchev–Trinajstić information content (AvgIpc) is 2.98. The molecular weight excluding hydrogens is 289 g/mol. The van der Waals surface area contributed by atoms with Crippen LogP contribution in [0, 0.1) is 5.82 Å². The van der Waals surface area contributed by atoms with Crippen molar-refractivity contribution in [3.05, 3.63) is 29.6 Å². The van der Waals surface area contributed by atoms with Crippen LogP contribution in [0.1, 0.15) is 30.9 Å². The van der Waals surface area contributed by atoms with Crippen LogP contribution >= 0.6 is 0 Å². The SMILES string of the molecule is NC(=O)N1CCC[C@H]1C(=O)N[C@H]1CCOc2c(F)cccc21. The Bertz CT molecular complexity index is 608. The number of hydrogen-bond donors (Lipinski definition) is 2. The Morgan fingerprint density at radius 2 is 2.18 bits per heavy atom. The van der Waals surface area contributed by atoms with E-state index in [0.29, 0.717) is 31.6 Å². The molecule has 3 rings (SSSR count). The fourth-order valence-electron chi connectivity index (χ4n) is 3.11. The lowest BCUT2D eigenvalue weighted by molar-refractivity contribution is -0.125. The van der Waals surface area contributed by atoms with Crippen LogP contribution in [0.3, 0.4) is 0 Å². The summed E-state index contributed by atoms with van der Waals surface area (Å²) in [6.45, 7) is 0.829. The number of carbonyl (C=O) groups excluding carboxylic acids is 2. The number of ether oxygens (including phenoxy) is 1. The van der Waals surface area contributed by atoms with Gasteiger partial charge in [-0.15, -0.1) is 0 Å². The minimum Gasteiger partial charge on any atom is -0.490 e. The van der Waals surface area contributed by atoms with Crippen LogP contribution < -0.4 is 15.8 Å². The van der Waals surface area contributed by atoms with Gasteiger partial charge in [0.15, 0.2) is 11.6 Å². The summed E-state index contributed by atoms with van der Waals surface area (Å²) >= 11 is 0. The normalized spacial score (nSPS) is 23.6. The Morgan fingerprint density at radius 1 is 1.36 bits per heavy atom. The van der Waals surface area contributed by atoms with E-state index < -0.39 is 17.9 Å². The molecule has 3 amide bonds. The third-order valence-corrected chi connectivity index (χ3v) is 4.18.